The van der Waals surface area contributed by atoms with Gasteiger partial charge in [-0.05, 0) is 11.6 Å². The van der Waals surface area contributed by atoms with Gasteiger partial charge in [0.05, 0.1) is 12.0 Å². The Labute approximate surface area is 94.1 Å². The molecule has 1 aromatic carbocycles. The van der Waals surface area contributed by atoms with Gasteiger partial charge in [0.25, 0.3) is 0 Å². The number of rotatable bonds is 3. The second kappa shape index (κ2) is 4.57. The highest BCUT2D eigenvalue weighted by atomic mass is 16.1. The summed E-state index contributed by atoms with van der Waals surface area (Å²) in [4.78, 5) is 15.5. The molecular formula is C13H12N2O. The maximum absolute atomic E-state index is 11.5. The SMILES string of the molecule is CC(=O)/C(=C/c1ccccc1)n1ccnc1. The fourth-order valence-corrected chi connectivity index (χ4v) is 1.47. The summed E-state index contributed by atoms with van der Waals surface area (Å²) in [5, 5.41) is 0. The van der Waals surface area contributed by atoms with Crippen molar-refractivity contribution in [1.82, 2.24) is 9.55 Å². The van der Waals surface area contributed by atoms with E-state index < -0.39 is 0 Å². The summed E-state index contributed by atoms with van der Waals surface area (Å²) in [6.07, 6.45) is 6.89. The molecule has 16 heavy (non-hydrogen) atoms. The van der Waals surface area contributed by atoms with Crippen LogP contribution in [0.1, 0.15) is 12.5 Å². The molecule has 0 amide bonds. The molecule has 0 fully saturated rings. The summed E-state index contributed by atoms with van der Waals surface area (Å²) in [6.45, 7) is 1.55. The molecular weight excluding hydrogens is 200 g/mol. The summed E-state index contributed by atoms with van der Waals surface area (Å²) in [7, 11) is 0. The predicted molar refractivity (Wildman–Crippen MR) is 63.5 cm³/mol. The van der Waals surface area contributed by atoms with Gasteiger partial charge < -0.3 is 4.57 Å². The van der Waals surface area contributed by atoms with Crippen molar-refractivity contribution in [2.75, 3.05) is 0 Å². The van der Waals surface area contributed by atoms with E-state index in [2.05, 4.69) is 4.98 Å². The lowest BCUT2D eigenvalue weighted by Crippen LogP contribution is -2.02. The minimum absolute atomic E-state index is 0.0156. The van der Waals surface area contributed by atoms with Crippen LogP contribution in [-0.2, 0) is 4.79 Å². The van der Waals surface area contributed by atoms with E-state index in [1.807, 2.05) is 36.4 Å². The third-order valence-corrected chi connectivity index (χ3v) is 2.25. The monoisotopic (exact) mass is 212 g/mol. The van der Waals surface area contributed by atoms with Gasteiger partial charge >= 0.3 is 0 Å². The quantitative estimate of drug-likeness (QED) is 0.732. The highest BCUT2D eigenvalue weighted by Crippen LogP contribution is 2.11. The number of allylic oxidation sites excluding steroid dienone is 1. The van der Waals surface area contributed by atoms with Gasteiger partial charge in [-0.1, -0.05) is 30.3 Å². The van der Waals surface area contributed by atoms with Gasteiger partial charge in [-0.3, -0.25) is 4.79 Å². The van der Waals surface area contributed by atoms with Gasteiger partial charge in [-0.2, -0.15) is 0 Å². The zero-order valence-electron chi connectivity index (χ0n) is 9.00. The molecule has 2 rings (SSSR count). The average molecular weight is 212 g/mol. The van der Waals surface area contributed by atoms with Crippen LogP contribution in [-0.4, -0.2) is 15.3 Å². The third-order valence-electron chi connectivity index (χ3n) is 2.25. The predicted octanol–water partition coefficient (Wildman–Crippen LogP) is 2.47. The molecule has 0 radical (unpaired) electrons. The van der Waals surface area contributed by atoms with E-state index in [9.17, 15) is 4.79 Å². The van der Waals surface area contributed by atoms with E-state index in [1.165, 1.54) is 0 Å². The molecule has 0 bridgehead atoms. The van der Waals surface area contributed by atoms with Crippen LogP contribution in [0.3, 0.4) is 0 Å². The highest BCUT2D eigenvalue weighted by Gasteiger charge is 2.05. The van der Waals surface area contributed by atoms with Gasteiger partial charge in [-0.15, -0.1) is 0 Å². The van der Waals surface area contributed by atoms with Gasteiger partial charge in [0.2, 0.25) is 0 Å². The maximum Gasteiger partial charge on any atom is 0.176 e. The Morgan fingerprint density at radius 3 is 2.62 bits per heavy atom. The molecule has 0 aliphatic carbocycles. The molecule has 1 aromatic heterocycles. The summed E-state index contributed by atoms with van der Waals surface area (Å²) >= 11 is 0. The van der Waals surface area contributed by atoms with E-state index in [-0.39, 0.29) is 5.78 Å². The number of hydrogen-bond donors (Lipinski definition) is 0. The molecule has 0 atom stereocenters. The molecule has 0 spiro atoms. The molecule has 3 heteroatoms. The lowest BCUT2D eigenvalue weighted by Gasteiger charge is -2.04. The lowest BCUT2D eigenvalue weighted by atomic mass is 10.1. The fraction of sp³-hybridized carbons (Fsp3) is 0.0769. The highest BCUT2D eigenvalue weighted by molar-refractivity contribution is 6.18. The lowest BCUT2D eigenvalue weighted by molar-refractivity contribution is -0.112. The molecule has 0 aliphatic rings. The number of ketones is 1. The number of nitrogens with zero attached hydrogens (tertiary/aromatic N) is 2. The second-order valence-corrected chi connectivity index (χ2v) is 3.47. The van der Waals surface area contributed by atoms with Crippen molar-refractivity contribution in [2.45, 2.75) is 6.92 Å². The molecule has 0 saturated carbocycles. The van der Waals surface area contributed by atoms with Crippen molar-refractivity contribution < 1.29 is 4.79 Å². The normalized spacial score (nSPS) is 11.4. The Bertz CT molecular complexity index is 498. The molecule has 0 aliphatic heterocycles. The number of benzene rings is 1. The number of carbonyl (C=O) groups excluding carboxylic acids is 1. The smallest absolute Gasteiger partial charge is 0.176 e. The first-order valence-electron chi connectivity index (χ1n) is 5.03. The summed E-state index contributed by atoms with van der Waals surface area (Å²) < 4.78 is 1.72. The van der Waals surface area contributed by atoms with E-state index in [0.29, 0.717) is 5.70 Å². The van der Waals surface area contributed by atoms with Crippen LogP contribution < -0.4 is 0 Å². The largest absolute Gasteiger partial charge is 0.303 e. The van der Waals surface area contributed by atoms with Crippen LogP contribution in [0.4, 0.5) is 0 Å². The average Bonchev–Trinajstić information content (AvgIpc) is 2.80. The van der Waals surface area contributed by atoms with E-state index >= 15 is 0 Å². The van der Waals surface area contributed by atoms with Crippen molar-refractivity contribution >= 4 is 17.6 Å². The fourth-order valence-electron chi connectivity index (χ4n) is 1.47. The maximum atomic E-state index is 11.5. The van der Waals surface area contributed by atoms with Crippen LogP contribution >= 0.6 is 0 Å². The first kappa shape index (κ1) is 10.4. The zero-order valence-corrected chi connectivity index (χ0v) is 9.00. The number of Topliss-reactive ketones (excluding diaryl/α,β-unsaturated/α-hetero) is 1. The zero-order chi connectivity index (χ0) is 11.4. The Hall–Kier alpha value is -2.16. The van der Waals surface area contributed by atoms with Crippen LogP contribution in [0.15, 0.2) is 49.1 Å². The first-order valence-corrected chi connectivity index (χ1v) is 5.03. The molecule has 3 nitrogen and oxygen atoms in total. The molecule has 0 unspecified atom stereocenters. The minimum atomic E-state index is 0.0156. The van der Waals surface area contributed by atoms with Crippen molar-refractivity contribution in [2.24, 2.45) is 0 Å². The Morgan fingerprint density at radius 1 is 1.31 bits per heavy atom. The molecule has 0 saturated heterocycles. The minimum Gasteiger partial charge on any atom is -0.303 e. The number of carbonyl (C=O) groups is 1. The molecule has 2 aromatic rings. The second-order valence-electron chi connectivity index (χ2n) is 3.47. The van der Waals surface area contributed by atoms with Crippen LogP contribution in [0.2, 0.25) is 0 Å². The van der Waals surface area contributed by atoms with Crippen molar-refractivity contribution in [3.8, 4) is 0 Å². The van der Waals surface area contributed by atoms with Crippen LogP contribution in [0, 0.1) is 0 Å². The Morgan fingerprint density at radius 2 is 2.06 bits per heavy atom. The summed E-state index contributed by atoms with van der Waals surface area (Å²) in [5.74, 6) is 0.0156. The Balaban J connectivity index is 2.42. The van der Waals surface area contributed by atoms with E-state index in [4.69, 9.17) is 0 Å². The van der Waals surface area contributed by atoms with Gasteiger partial charge in [0.15, 0.2) is 5.78 Å². The van der Waals surface area contributed by atoms with Gasteiger partial charge in [0.1, 0.15) is 0 Å². The number of hydrogen-bond acceptors (Lipinski definition) is 2. The topological polar surface area (TPSA) is 34.9 Å². The standard InChI is InChI=1S/C13H12N2O/c1-11(16)13(15-8-7-14-10-15)9-12-5-3-2-4-6-12/h2-10H,1H3/b13-9-. The molecule has 0 N–H and O–H groups in total. The summed E-state index contributed by atoms with van der Waals surface area (Å²) in [5.41, 5.74) is 1.62. The van der Waals surface area contributed by atoms with Crippen LogP contribution in [0.25, 0.3) is 11.8 Å². The van der Waals surface area contributed by atoms with Crippen LogP contribution in [0.5, 0.6) is 0 Å². The van der Waals surface area contributed by atoms with E-state index in [1.54, 1.807) is 30.2 Å². The van der Waals surface area contributed by atoms with Crippen molar-refractivity contribution in [3.63, 3.8) is 0 Å². The van der Waals surface area contributed by atoms with Gasteiger partial charge in [0, 0.05) is 19.3 Å². The first-order chi connectivity index (χ1) is 7.77. The third kappa shape index (κ3) is 2.25. The number of imidazole rings is 1. The Kier molecular flexibility index (Phi) is 2.96. The molecule has 1 heterocycles. The molecule has 80 valence electrons. The summed E-state index contributed by atoms with van der Waals surface area (Å²) in [6, 6.07) is 9.75. The van der Waals surface area contributed by atoms with E-state index in [0.717, 1.165) is 5.56 Å². The number of aromatic nitrogens is 2. The van der Waals surface area contributed by atoms with Gasteiger partial charge in [-0.25, -0.2) is 4.98 Å². The van der Waals surface area contributed by atoms with Crippen molar-refractivity contribution in [3.05, 3.63) is 54.6 Å². The van der Waals surface area contributed by atoms with Crippen molar-refractivity contribution in [1.29, 1.82) is 0 Å².